The van der Waals surface area contributed by atoms with E-state index in [1.54, 1.807) is 0 Å². The molecule has 0 spiro atoms. The first-order valence-electron chi connectivity index (χ1n) is 10.3. The predicted molar refractivity (Wildman–Crippen MR) is 124 cm³/mol. The van der Waals surface area contributed by atoms with Crippen LogP contribution in [0.15, 0.2) is 83.7 Å². The molecule has 4 heteroatoms. The number of aryl methyl sites for hydroxylation is 1. The molecule has 0 N–H and O–H groups in total. The van der Waals surface area contributed by atoms with Crippen LogP contribution in [0.1, 0.15) is 36.8 Å². The zero-order valence-corrected chi connectivity index (χ0v) is 17.9. The molecule has 4 nitrogen and oxygen atoms in total. The Morgan fingerprint density at radius 3 is 1.97 bits per heavy atom. The molecule has 4 aromatic rings. The van der Waals surface area contributed by atoms with E-state index in [4.69, 9.17) is 4.98 Å². The summed E-state index contributed by atoms with van der Waals surface area (Å²) in [7, 11) is 2.04. The summed E-state index contributed by atoms with van der Waals surface area (Å²) >= 11 is 0. The SMILES string of the molecule is Cc1nc2ccc(N(C)C(C)C)cc2c(=O)n1C(c1ccccc1)c1ccccc1. The van der Waals surface area contributed by atoms with Gasteiger partial charge in [0.2, 0.25) is 0 Å². The minimum atomic E-state index is -0.233. The Balaban J connectivity index is 1.98. The first kappa shape index (κ1) is 19.9. The summed E-state index contributed by atoms with van der Waals surface area (Å²) in [5.41, 5.74) is 3.85. The van der Waals surface area contributed by atoms with Gasteiger partial charge in [0.1, 0.15) is 5.82 Å². The first-order valence-corrected chi connectivity index (χ1v) is 10.3. The summed E-state index contributed by atoms with van der Waals surface area (Å²) in [6.45, 7) is 6.18. The van der Waals surface area contributed by atoms with Crippen molar-refractivity contribution in [1.29, 1.82) is 0 Å². The average Bonchev–Trinajstić information content (AvgIpc) is 2.77. The van der Waals surface area contributed by atoms with Gasteiger partial charge in [0.05, 0.1) is 16.9 Å². The highest BCUT2D eigenvalue weighted by molar-refractivity contribution is 5.82. The Labute approximate surface area is 177 Å². The van der Waals surface area contributed by atoms with Crippen molar-refractivity contribution in [1.82, 2.24) is 9.55 Å². The average molecular weight is 398 g/mol. The number of hydrogen-bond acceptors (Lipinski definition) is 3. The maximum atomic E-state index is 13.8. The maximum absolute atomic E-state index is 13.8. The lowest BCUT2D eigenvalue weighted by atomic mass is 9.98. The Morgan fingerprint density at radius 2 is 1.43 bits per heavy atom. The van der Waals surface area contributed by atoms with Gasteiger partial charge >= 0.3 is 0 Å². The van der Waals surface area contributed by atoms with E-state index in [9.17, 15) is 4.79 Å². The Kier molecular flexibility index (Phi) is 5.40. The fourth-order valence-electron chi connectivity index (χ4n) is 3.88. The van der Waals surface area contributed by atoms with Crippen molar-refractivity contribution in [3.8, 4) is 0 Å². The topological polar surface area (TPSA) is 38.1 Å². The van der Waals surface area contributed by atoms with Crippen LogP contribution < -0.4 is 10.5 Å². The van der Waals surface area contributed by atoms with Crippen molar-refractivity contribution in [2.24, 2.45) is 0 Å². The summed E-state index contributed by atoms with van der Waals surface area (Å²) in [5, 5.41) is 0.641. The fourth-order valence-corrected chi connectivity index (χ4v) is 3.88. The minimum Gasteiger partial charge on any atom is -0.372 e. The second-order valence-electron chi connectivity index (χ2n) is 7.96. The van der Waals surface area contributed by atoms with Crippen molar-refractivity contribution in [3.63, 3.8) is 0 Å². The van der Waals surface area contributed by atoms with Crippen LogP contribution in [0.4, 0.5) is 5.69 Å². The third-order valence-electron chi connectivity index (χ3n) is 5.73. The molecule has 0 aliphatic heterocycles. The van der Waals surface area contributed by atoms with Crippen LogP contribution in [0.2, 0.25) is 0 Å². The summed E-state index contributed by atoms with van der Waals surface area (Å²) in [6.07, 6.45) is 0. The Morgan fingerprint density at radius 1 is 0.867 bits per heavy atom. The van der Waals surface area contributed by atoms with Gasteiger partial charge in [-0.05, 0) is 50.1 Å². The molecule has 1 aromatic heterocycles. The fraction of sp³-hybridized carbons (Fsp3) is 0.231. The molecule has 3 aromatic carbocycles. The van der Waals surface area contributed by atoms with Gasteiger partial charge < -0.3 is 4.90 Å². The summed E-state index contributed by atoms with van der Waals surface area (Å²) in [5.74, 6) is 0.704. The van der Waals surface area contributed by atoms with Gasteiger partial charge in [-0.25, -0.2) is 4.98 Å². The highest BCUT2D eigenvalue weighted by atomic mass is 16.1. The van der Waals surface area contributed by atoms with Gasteiger partial charge in [0.15, 0.2) is 0 Å². The van der Waals surface area contributed by atoms with E-state index in [1.165, 1.54) is 0 Å². The largest absolute Gasteiger partial charge is 0.372 e. The van der Waals surface area contributed by atoms with Gasteiger partial charge in [0.25, 0.3) is 5.56 Å². The molecule has 0 aliphatic carbocycles. The number of aromatic nitrogens is 2. The molecule has 1 heterocycles. The molecule has 0 amide bonds. The molecule has 30 heavy (non-hydrogen) atoms. The maximum Gasteiger partial charge on any atom is 0.262 e. The zero-order valence-electron chi connectivity index (χ0n) is 17.9. The Bertz CT molecular complexity index is 1170. The number of nitrogens with zero attached hydrogens (tertiary/aromatic N) is 3. The molecule has 0 saturated carbocycles. The zero-order chi connectivity index (χ0) is 21.3. The predicted octanol–water partition coefficient (Wildman–Crippen LogP) is 5.19. The molecule has 0 bridgehead atoms. The second kappa shape index (κ2) is 8.15. The number of anilines is 1. The molecule has 0 unspecified atom stereocenters. The lowest BCUT2D eigenvalue weighted by Gasteiger charge is -2.25. The van der Waals surface area contributed by atoms with Crippen LogP contribution in [0, 0.1) is 6.92 Å². The van der Waals surface area contributed by atoms with Gasteiger partial charge in [-0.2, -0.15) is 0 Å². The van der Waals surface area contributed by atoms with Crippen molar-refractivity contribution in [2.75, 3.05) is 11.9 Å². The molecule has 0 radical (unpaired) electrons. The molecular weight excluding hydrogens is 370 g/mol. The van der Waals surface area contributed by atoms with Crippen molar-refractivity contribution >= 4 is 16.6 Å². The second-order valence-corrected chi connectivity index (χ2v) is 7.96. The summed E-state index contributed by atoms with van der Waals surface area (Å²) < 4.78 is 1.83. The molecule has 0 saturated heterocycles. The van der Waals surface area contributed by atoms with Crippen LogP contribution in [0.25, 0.3) is 10.9 Å². The standard InChI is InChI=1S/C26H27N3O/c1-18(2)28(4)22-15-16-24-23(17-22)26(30)29(19(3)27-24)25(20-11-7-5-8-12-20)21-13-9-6-10-14-21/h5-18,25H,1-4H3. The Hall–Kier alpha value is -3.40. The van der Waals surface area contributed by atoms with Crippen LogP contribution in [-0.4, -0.2) is 22.6 Å². The van der Waals surface area contributed by atoms with Crippen molar-refractivity contribution in [2.45, 2.75) is 32.9 Å². The van der Waals surface area contributed by atoms with E-state index in [2.05, 4.69) is 43.0 Å². The van der Waals surface area contributed by atoms with E-state index in [0.29, 0.717) is 17.3 Å². The lowest BCUT2D eigenvalue weighted by molar-refractivity contribution is 0.619. The van der Waals surface area contributed by atoms with Crippen molar-refractivity contribution < 1.29 is 0 Å². The van der Waals surface area contributed by atoms with E-state index in [1.807, 2.05) is 73.1 Å². The molecule has 0 aliphatic rings. The number of rotatable bonds is 5. The summed E-state index contributed by atoms with van der Waals surface area (Å²) in [4.78, 5) is 20.7. The smallest absolute Gasteiger partial charge is 0.262 e. The summed E-state index contributed by atoms with van der Waals surface area (Å²) in [6, 6.07) is 26.3. The van der Waals surface area contributed by atoms with Crippen LogP contribution >= 0.6 is 0 Å². The number of benzene rings is 3. The van der Waals surface area contributed by atoms with Crippen LogP contribution in [0.5, 0.6) is 0 Å². The third kappa shape index (κ3) is 3.61. The van der Waals surface area contributed by atoms with E-state index in [-0.39, 0.29) is 11.6 Å². The quantitative estimate of drug-likeness (QED) is 0.465. The highest BCUT2D eigenvalue weighted by Gasteiger charge is 2.21. The first-order chi connectivity index (χ1) is 14.5. The van der Waals surface area contributed by atoms with Gasteiger partial charge in [0, 0.05) is 18.8 Å². The van der Waals surface area contributed by atoms with Crippen molar-refractivity contribution in [3.05, 3.63) is 106 Å². The molecule has 0 fully saturated rings. The van der Waals surface area contributed by atoms with Gasteiger partial charge in [-0.3, -0.25) is 9.36 Å². The number of fused-ring (bicyclic) bond motifs is 1. The van der Waals surface area contributed by atoms with Crippen LogP contribution in [0.3, 0.4) is 0 Å². The van der Waals surface area contributed by atoms with E-state index < -0.39 is 0 Å². The molecule has 152 valence electrons. The minimum absolute atomic E-state index is 0.0192. The van der Waals surface area contributed by atoms with Gasteiger partial charge in [-0.1, -0.05) is 60.7 Å². The van der Waals surface area contributed by atoms with E-state index >= 15 is 0 Å². The normalized spacial score (nSPS) is 11.4. The monoisotopic (exact) mass is 397 g/mol. The number of hydrogen-bond donors (Lipinski definition) is 0. The third-order valence-corrected chi connectivity index (χ3v) is 5.73. The lowest BCUT2D eigenvalue weighted by Crippen LogP contribution is -2.30. The van der Waals surface area contributed by atoms with E-state index in [0.717, 1.165) is 22.3 Å². The molecule has 0 atom stereocenters. The van der Waals surface area contributed by atoms with Crippen LogP contribution in [-0.2, 0) is 0 Å². The highest BCUT2D eigenvalue weighted by Crippen LogP contribution is 2.28. The molecule has 4 rings (SSSR count). The van der Waals surface area contributed by atoms with Gasteiger partial charge in [-0.15, -0.1) is 0 Å². The molecular formula is C26H27N3O.